The van der Waals surface area contributed by atoms with Crippen LogP contribution in [0, 0.1) is 11.6 Å². The molecule has 3 heteroatoms. The number of benzene rings is 1. The van der Waals surface area contributed by atoms with Gasteiger partial charge in [-0.25, -0.2) is 0 Å². The average Bonchev–Trinajstić information content (AvgIpc) is 1.83. The van der Waals surface area contributed by atoms with E-state index in [2.05, 4.69) is 0 Å². The number of hydrogen-bond acceptors (Lipinski definition) is 0. The second-order valence-electron chi connectivity index (χ2n) is 1.70. The van der Waals surface area contributed by atoms with Gasteiger partial charge < -0.3 is 0 Å². The van der Waals surface area contributed by atoms with Gasteiger partial charge in [-0.2, -0.15) is 0 Å². The molecule has 0 heterocycles. The second kappa shape index (κ2) is 2.53. The Morgan fingerprint density at radius 1 is 1.11 bits per heavy atom. The van der Waals surface area contributed by atoms with Crippen molar-refractivity contribution in [1.82, 2.24) is 0 Å². The molecular formula is C6H3F2Zn. The molecule has 0 aliphatic rings. The van der Waals surface area contributed by atoms with E-state index in [-0.39, 0.29) is 4.16 Å². The Balaban J connectivity index is 3.25. The van der Waals surface area contributed by atoms with Crippen LogP contribution in [0.4, 0.5) is 8.78 Å². The topological polar surface area (TPSA) is 0 Å². The Hall–Kier alpha value is -0.297. The summed E-state index contributed by atoms with van der Waals surface area (Å²) in [6.45, 7) is 0. The van der Waals surface area contributed by atoms with E-state index in [1.807, 2.05) is 0 Å². The standard InChI is InChI=1S/C6H3F2.Zn/c7-5-2-1-3-6(8)4-5;/h1-3H;. The molecule has 0 saturated heterocycles. The molecule has 0 unspecified atom stereocenters. The Kier molecular flexibility index (Phi) is 1.91. The fraction of sp³-hybridized carbons (Fsp3) is 0. The zero-order chi connectivity index (χ0) is 6.85. The molecule has 0 aliphatic carbocycles. The van der Waals surface area contributed by atoms with Crippen molar-refractivity contribution < 1.29 is 27.1 Å². The molecule has 0 spiro atoms. The summed E-state index contributed by atoms with van der Waals surface area (Å²) >= 11 is 0.526. The molecule has 0 aliphatic heterocycles. The SMILES string of the molecule is Fc1cccc(F)[c]1[Zn]. The minimum atomic E-state index is -0.435. The molecule has 43 valence electrons. The molecule has 0 nitrogen and oxygen atoms in total. The third-order valence-electron chi connectivity index (χ3n) is 1.06. The van der Waals surface area contributed by atoms with Crippen LogP contribution in [-0.4, -0.2) is 0 Å². The average molecular weight is 178 g/mol. The van der Waals surface area contributed by atoms with E-state index in [4.69, 9.17) is 0 Å². The molecule has 0 saturated carbocycles. The van der Waals surface area contributed by atoms with Gasteiger partial charge in [0.15, 0.2) is 0 Å². The van der Waals surface area contributed by atoms with Crippen LogP contribution in [0.2, 0.25) is 0 Å². The molecule has 0 atom stereocenters. The Morgan fingerprint density at radius 2 is 1.56 bits per heavy atom. The van der Waals surface area contributed by atoms with Gasteiger partial charge in [-0.05, 0) is 0 Å². The molecule has 1 aromatic rings. The zero-order valence-corrected chi connectivity index (χ0v) is 7.66. The van der Waals surface area contributed by atoms with Gasteiger partial charge in [0.1, 0.15) is 0 Å². The Labute approximate surface area is 61.6 Å². The van der Waals surface area contributed by atoms with Crippen LogP contribution < -0.4 is 4.16 Å². The van der Waals surface area contributed by atoms with Crippen LogP contribution >= 0.6 is 0 Å². The van der Waals surface area contributed by atoms with E-state index >= 15 is 0 Å². The molecule has 0 bridgehead atoms. The number of hydrogen-bond donors (Lipinski definition) is 0. The van der Waals surface area contributed by atoms with Crippen molar-refractivity contribution in [2.75, 3.05) is 0 Å². The van der Waals surface area contributed by atoms with Crippen molar-refractivity contribution in [1.29, 1.82) is 0 Å². The second-order valence-corrected chi connectivity index (χ2v) is 3.18. The first kappa shape index (κ1) is 6.82. The summed E-state index contributed by atoms with van der Waals surface area (Å²) in [6.07, 6.45) is 0. The summed E-state index contributed by atoms with van der Waals surface area (Å²) in [5, 5.41) is 0. The van der Waals surface area contributed by atoms with Gasteiger partial charge in [-0.15, -0.1) is 0 Å². The van der Waals surface area contributed by atoms with Gasteiger partial charge in [0.2, 0.25) is 0 Å². The summed E-state index contributed by atoms with van der Waals surface area (Å²) in [5.41, 5.74) is 0. The predicted octanol–water partition coefficient (Wildman–Crippen LogP) is 1.14. The van der Waals surface area contributed by atoms with Crippen molar-refractivity contribution in [3.05, 3.63) is 29.8 Å². The third-order valence-corrected chi connectivity index (χ3v) is 2.48. The third kappa shape index (κ3) is 1.33. The Bertz CT molecular complexity index is 202. The molecule has 1 aromatic carbocycles. The molecule has 1 rings (SSSR count). The normalized spacial score (nSPS) is 9.78. The summed E-state index contributed by atoms with van der Waals surface area (Å²) in [7, 11) is 0. The van der Waals surface area contributed by atoms with Crippen molar-refractivity contribution in [3.63, 3.8) is 0 Å². The first-order chi connectivity index (χ1) is 4.22. The van der Waals surface area contributed by atoms with E-state index in [1.54, 1.807) is 0 Å². The summed E-state index contributed by atoms with van der Waals surface area (Å²) in [4.78, 5) is 0. The van der Waals surface area contributed by atoms with E-state index < -0.39 is 11.6 Å². The van der Waals surface area contributed by atoms with Crippen molar-refractivity contribution >= 4 is 4.16 Å². The van der Waals surface area contributed by atoms with Gasteiger partial charge in [0, 0.05) is 0 Å². The molecule has 0 radical (unpaired) electrons. The predicted molar refractivity (Wildman–Crippen MR) is 26.0 cm³/mol. The summed E-state index contributed by atoms with van der Waals surface area (Å²) in [5.74, 6) is -0.870. The van der Waals surface area contributed by atoms with Crippen LogP contribution in [-0.2, 0) is 18.3 Å². The van der Waals surface area contributed by atoms with Gasteiger partial charge in [0.25, 0.3) is 0 Å². The van der Waals surface area contributed by atoms with Crippen LogP contribution in [0.1, 0.15) is 0 Å². The first-order valence-electron chi connectivity index (χ1n) is 2.48. The Morgan fingerprint density at radius 3 is 1.89 bits per heavy atom. The zero-order valence-electron chi connectivity index (χ0n) is 4.70. The van der Waals surface area contributed by atoms with Crippen molar-refractivity contribution in [2.24, 2.45) is 0 Å². The van der Waals surface area contributed by atoms with Gasteiger partial charge in [-0.3, -0.25) is 0 Å². The molecule has 9 heavy (non-hydrogen) atoms. The molecule has 0 aromatic heterocycles. The summed E-state index contributed by atoms with van der Waals surface area (Å²) in [6, 6.07) is 3.90. The molecule has 0 fully saturated rings. The van der Waals surface area contributed by atoms with Crippen LogP contribution in [0.15, 0.2) is 18.2 Å². The van der Waals surface area contributed by atoms with E-state index in [0.29, 0.717) is 18.3 Å². The van der Waals surface area contributed by atoms with Crippen LogP contribution in [0.5, 0.6) is 0 Å². The first-order valence-corrected chi connectivity index (χ1v) is 3.96. The van der Waals surface area contributed by atoms with Gasteiger partial charge >= 0.3 is 61.1 Å². The van der Waals surface area contributed by atoms with Crippen molar-refractivity contribution in [2.45, 2.75) is 0 Å². The monoisotopic (exact) mass is 177 g/mol. The van der Waals surface area contributed by atoms with Gasteiger partial charge in [-0.1, -0.05) is 0 Å². The number of rotatable bonds is 0. The molecular weight excluding hydrogens is 175 g/mol. The maximum atomic E-state index is 12.4. The van der Waals surface area contributed by atoms with E-state index in [1.165, 1.54) is 18.2 Å². The van der Waals surface area contributed by atoms with Crippen LogP contribution in [0.25, 0.3) is 0 Å². The molecule has 0 amide bonds. The van der Waals surface area contributed by atoms with E-state index in [0.717, 1.165) is 0 Å². The summed E-state index contributed by atoms with van der Waals surface area (Å²) < 4.78 is 24.9. The number of halogens is 2. The molecule has 0 N–H and O–H groups in total. The van der Waals surface area contributed by atoms with Crippen LogP contribution in [0.3, 0.4) is 0 Å². The quantitative estimate of drug-likeness (QED) is 0.523. The van der Waals surface area contributed by atoms with Crippen molar-refractivity contribution in [3.8, 4) is 0 Å². The van der Waals surface area contributed by atoms with E-state index in [9.17, 15) is 8.78 Å². The fourth-order valence-corrected chi connectivity index (χ4v) is 1.03. The maximum absolute atomic E-state index is 12.4. The van der Waals surface area contributed by atoms with Gasteiger partial charge in [0.05, 0.1) is 0 Å². The minimum absolute atomic E-state index is 0.206. The fourth-order valence-electron chi connectivity index (χ4n) is 0.532.